The van der Waals surface area contributed by atoms with Gasteiger partial charge in [0.1, 0.15) is 11.9 Å². The van der Waals surface area contributed by atoms with E-state index in [1.54, 1.807) is 36.7 Å². The van der Waals surface area contributed by atoms with Gasteiger partial charge in [0.05, 0.1) is 10.6 Å². The van der Waals surface area contributed by atoms with Crippen LogP contribution in [0.5, 0.6) is 0 Å². The summed E-state index contributed by atoms with van der Waals surface area (Å²) in [7, 11) is -1.95. The number of nitrogens with zero attached hydrogens (tertiary/aromatic N) is 2. The van der Waals surface area contributed by atoms with Crippen LogP contribution in [0.3, 0.4) is 0 Å². The number of carbonyl (C=O) groups excluding carboxylic acids is 1. The first-order chi connectivity index (χ1) is 16.2. The number of carbonyl (C=O) groups is 1. The third-order valence-electron chi connectivity index (χ3n) is 5.41. The summed E-state index contributed by atoms with van der Waals surface area (Å²) in [5.41, 5.74) is 2.45. The van der Waals surface area contributed by atoms with E-state index in [0.29, 0.717) is 22.1 Å². The van der Waals surface area contributed by atoms with Crippen molar-refractivity contribution in [1.82, 2.24) is 14.9 Å². The fourth-order valence-electron chi connectivity index (χ4n) is 3.50. The minimum atomic E-state index is -3.80. The maximum atomic E-state index is 13.1. The monoisotopic (exact) mass is 494 g/mol. The van der Waals surface area contributed by atoms with Crippen molar-refractivity contribution in [3.05, 3.63) is 113 Å². The van der Waals surface area contributed by atoms with Gasteiger partial charge >= 0.3 is 0 Å². The number of benzene rings is 3. The van der Waals surface area contributed by atoms with Crippen molar-refractivity contribution < 1.29 is 13.2 Å². The predicted octanol–water partition coefficient (Wildman–Crippen LogP) is 4.70. The Balaban J connectivity index is 1.56. The molecule has 2 N–H and O–H groups in total. The molecule has 1 heterocycles. The average Bonchev–Trinajstić information content (AvgIpc) is 3.25. The maximum absolute atomic E-state index is 13.1. The number of aryl methyl sites for hydroxylation is 2. The average molecular weight is 495 g/mol. The Bertz CT molecular complexity index is 1420. The van der Waals surface area contributed by atoms with Gasteiger partial charge < -0.3 is 9.88 Å². The minimum Gasteiger partial charge on any atom is -0.338 e. The van der Waals surface area contributed by atoms with Crippen molar-refractivity contribution in [1.29, 1.82) is 0 Å². The van der Waals surface area contributed by atoms with Crippen LogP contribution in [-0.2, 0) is 17.1 Å². The quantitative estimate of drug-likeness (QED) is 0.389. The number of anilines is 1. The molecule has 174 valence electrons. The topological polar surface area (TPSA) is 93.1 Å². The molecule has 3 aromatic carbocycles. The molecule has 0 bridgehead atoms. The van der Waals surface area contributed by atoms with Gasteiger partial charge in [-0.3, -0.25) is 9.52 Å². The summed E-state index contributed by atoms with van der Waals surface area (Å²) in [4.78, 5) is 17.5. The second-order valence-electron chi connectivity index (χ2n) is 7.80. The van der Waals surface area contributed by atoms with Gasteiger partial charge in [0.25, 0.3) is 15.9 Å². The molecule has 0 saturated heterocycles. The van der Waals surface area contributed by atoms with Gasteiger partial charge in [-0.25, -0.2) is 13.4 Å². The molecule has 0 aliphatic rings. The molecule has 34 heavy (non-hydrogen) atoms. The maximum Gasteiger partial charge on any atom is 0.261 e. The number of aromatic nitrogens is 2. The molecule has 9 heteroatoms. The number of halogens is 1. The Kier molecular flexibility index (Phi) is 6.72. The molecular weight excluding hydrogens is 472 g/mol. The Morgan fingerprint density at radius 1 is 1.00 bits per heavy atom. The molecule has 0 aliphatic heterocycles. The highest BCUT2D eigenvalue weighted by atomic mass is 35.5. The number of nitrogens with one attached hydrogen (secondary N) is 2. The van der Waals surface area contributed by atoms with Gasteiger partial charge in [-0.15, -0.1) is 0 Å². The molecule has 4 aromatic rings. The van der Waals surface area contributed by atoms with E-state index in [0.717, 1.165) is 11.1 Å². The number of rotatable bonds is 7. The van der Waals surface area contributed by atoms with Gasteiger partial charge in [0.15, 0.2) is 0 Å². The zero-order chi connectivity index (χ0) is 24.3. The molecule has 0 radical (unpaired) electrons. The van der Waals surface area contributed by atoms with Crippen LogP contribution in [0.2, 0.25) is 5.02 Å². The summed E-state index contributed by atoms with van der Waals surface area (Å²) in [6.45, 7) is 1.82. The van der Waals surface area contributed by atoms with E-state index in [9.17, 15) is 13.2 Å². The lowest BCUT2D eigenvalue weighted by Gasteiger charge is -2.19. The summed E-state index contributed by atoms with van der Waals surface area (Å²) >= 11 is 6.02. The lowest BCUT2D eigenvalue weighted by atomic mass is 10.1. The summed E-state index contributed by atoms with van der Waals surface area (Å²) in [5.74, 6) is 0.288. The first-order valence-electron chi connectivity index (χ1n) is 10.5. The zero-order valence-corrected chi connectivity index (χ0v) is 20.1. The summed E-state index contributed by atoms with van der Waals surface area (Å²) in [6, 6.07) is 19.5. The van der Waals surface area contributed by atoms with Gasteiger partial charge in [0, 0.05) is 30.0 Å². The van der Waals surface area contributed by atoms with E-state index >= 15 is 0 Å². The van der Waals surface area contributed by atoms with Gasteiger partial charge in [-0.1, -0.05) is 41.9 Å². The number of hydrogen-bond acceptors (Lipinski definition) is 4. The molecule has 4 rings (SSSR count). The van der Waals surface area contributed by atoms with E-state index in [1.165, 1.54) is 24.3 Å². The smallest absolute Gasteiger partial charge is 0.261 e. The van der Waals surface area contributed by atoms with Crippen LogP contribution in [0.25, 0.3) is 0 Å². The molecule has 0 aliphatic carbocycles. The molecule has 7 nitrogen and oxygen atoms in total. The lowest BCUT2D eigenvalue weighted by molar-refractivity contribution is 0.0941. The minimum absolute atomic E-state index is 0.0608. The molecule has 1 amide bonds. The molecule has 0 fully saturated rings. The predicted molar refractivity (Wildman–Crippen MR) is 132 cm³/mol. The van der Waals surface area contributed by atoms with Crippen molar-refractivity contribution in [2.24, 2.45) is 7.05 Å². The first kappa shape index (κ1) is 23.5. The van der Waals surface area contributed by atoms with Gasteiger partial charge in [-0.05, 0) is 60.5 Å². The normalized spacial score (nSPS) is 12.2. The summed E-state index contributed by atoms with van der Waals surface area (Å²) in [5, 5.41) is 3.58. The number of hydrogen-bond donors (Lipinski definition) is 2. The fourth-order valence-corrected chi connectivity index (χ4v) is 4.76. The van der Waals surface area contributed by atoms with Crippen molar-refractivity contribution >= 4 is 33.2 Å². The van der Waals surface area contributed by atoms with Crippen LogP contribution in [0.15, 0.2) is 90.1 Å². The Morgan fingerprint density at radius 3 is 2.29 bits per heavy atom. The first-order valence-corrected chi connectivity index (χ1v) is 12.3. The van der Waals surface area contributed by atoms with Crippen molar-refractivity contribution in [3.63, 3.8) is 0 Å². The van der Waals surface area contributed by atoms with Crippen LogP contribution < -0.4 is 10.0 Å². The zero-order valence-electron chi connectivity index (χ0n) is 18.6. The van der Waals surface area contributed by atoms with Crippen LogP contribution in [0.4, 0.5) is 5.69 Å². The molecular formula is C25H23ClN4O3S. The molecule has 1 aromatic heterocycles. The van der Waals surface area contributed by atoms with E-state index in [1.807, 2.05) is 42.8 Å². The summed E-state index contributed by atoms with van der Waals surface area (Å²) in [6.07, 6.45) is 3.46. The van der Waals surface area contributed by atoms with Crippen LogP contribution in [-0.4, -0.2) is 23.9 Å². The second-order valence-corrected chi connectivity index (χ2v) is 9.92. The summed E-state index contributed by atoms with van der Waals surface area (Å²) < 4.78 is 30.0. The highest BCUT2D eigenvalue weighted by molar-refractivity contribution is 7.92. The van der Waals surface area contributed by atoms with Crippen LogP contribution >= 0.6 is 11.6 Å². The third-order valence-corrected chi connectivity index (χ3v) is 7.04. The fraction of sp³-hybridized carbons (Fsp3) is 0.120. The molecule has 0 spiro atoms. The van der Waals surface area contributed by atoms with Crippen LogP contribution in [0.1, 0.15) is 33.4 Å². The molecule has 1 atom stereocenters. The van der Waals surface area contributed by atoms with Crippen molar-refractivity contribution in [2.75, 3.05) is 4.72 Å². The SMILES string of the molecule is Cc1ccccc1NS(=O)(=O)c1ccc(C(=O)NC(c2ccc(Cl)cc2)c2nccn2C)cc1. The van der Waals surface area contributed by atoms with E-state index in [2.05, 4.69) is 15.0 Å². The van der Waals surface area contributed by atoms with E-state index in [-0.39, 0.29) is 10.8 Å². The highest BCUT2D eigenvalue weighted by Crippen LogP contribution is 2.24. The Labute approximate surface area is 203 Å². The van der Waals surface area contributed by atoms with Crippen molar-refractivity contribution in [3.8, 4) is 0 Å². The van der Waals surface area contributed by atoms with E-state index < -0.39 is 16.1 Å². The second kappa shape index (κ2) is 9.70. The number of para-hydroxylation sites is 1. The Morgan fingerprint density at radius 2 is 1.68 bits per heavy atom. The lowest BCUT2D eigenvalue weighted by Crippen LogP contribution is -2.31. The van der Waals surface area contributed by atoms with Gasteiger partial charge in [0.2, 0.25) is 0 Å². The number of imidazole rings is 1. The standard InChI is InChI=1S/C25H23ClN4O3S/c1-17-5-3-4-6-22(17)29-34(32,33)21-13-9-19(10-14-21)25(31)28-23(24-27-15-16-30(24)2)18-7-11-20(26)12-8-18/h3-16,23,29H,1-2H3,(H,28,31). The number of amides is 1. The third kappa shape index (κ3) is 5.13. The molecule has 0 saturated carbocycles. The molecule has 1 unspecified atom stereocenters. The largest absolute Gasteiger partial charge is 0.338 e. The van der Waals surface area contributed by atoms with Crippen molar-refractivity contribution in [2.45, 2.75) is 17.9 Å². The van der Waals surface area contributed by atoms with Crippen LogP contribution in [0, 0.1) is 6.92 Å². The van der Waals surface area contributed by atoms with Gasteiger partial charge in [-0.2, -0.15) is 0 Å². The Hall–Kier alpha value is -3.62. The number of sulfonamides is 1. The highest BCUT2D eigenvalue weighted by Gasteiger charge is 2.22. The van der Waals surface area contributed by atoms with E-state index in [4.69, 9.17) is 11.6 Å².